The zero-order chi connectivity index (χ0) is 29.8. The highest BCUT2D eigenvalue weighted by Gasteiger charge is 2.41. The van der Waals surface area contributed by atoms with Gasteiger partial charge in [0.2, 0.25) is 20.0 Å². The van der Waals surface area contributed by atoms with E-state index in [0.29, 0.717) is 63.5 Å². The van der Waals surface area contributed by atoms with Crippen LogP contribution in [0.4, 0.5) is 0 Å². The molecule has 2 fully saturated rings. The molecule has 2 aromatic rings. The molecule has 222 valence electrons. The van der Waals surface area contributed by atoms with E-state index in [1.54, 1.807) is 24.3 Å². The monoisotopic (exact) mass is 612 g/mol. The lowest BCUT2D eigenvalue weighted by Gasteiger charge is -2.31. The molecule has 14 heteroatoms. The van der Waals surface area contributed by atoms with E-state index < -0.39 is 31.9 Å². The number of nitrogens with one attached hydrogen (secondary N) is 2. The summed E-state index contributed by atoms with van der Waals surface area (Å²) >= 11 is 0. The molecular weight excluding hydrogens is 580 g/mol. The normalized spacial score (nSPS) is 21.6. The fourth-order valence-corrected chi connectivity index (χ4v) is 8.53. The molecule has 4 aliphatic rings. The summed E-state index contributed by atoms with van der Waals surface area (Å²) in [7, 11) is -3.67. The van der Waals surface area contributed by atoms with Crippen molar-refractivity contribution in [3.8, 4) is 0 Å². The Balaban J connectivity index is 1.35. The van der Waals surface area contributed by atoms with Crippen LogP contribution in [0.1, 0.15) is 11.1 Å². The molecule has 0 atom stereocenters. The Morgan fingerprint density at radius 1 is 0.571 bits per heavy atom. The Labute approximate surface area is 245 Å². The predicted molar refractivity (Wildman–Crippen MR) is 156 cm³/mol. The van der Waals surface area contributed by atoms with Gasteiger partial charge in [-0.2, -0.15) is 8.61 Å². The number of hydrogen-bond donors (Lipinski definition) is 2. The number of rotatable bonds is 6. The summed E-state index contributed by atoms with van der Waals surface area (Å²) in [5, 5.41) is 5.49. The maximum absolute atomic E-state index is 13.4. The fraction of sp³-hybridized carbons (Fsp3) is 0.357. The molecule has 0 bridgehead atoms. The lowest BCUT2D eigenvalue weighted by atomic mass is 10.0. The first-order valence-electron chi connectivity index (χ1n) is 13.7. The zero-order valence-corrected chi connectivity index (χ0v) is 25.0. The third-order valence-electron chi connectivity index (χ3n) is 8.13. The highest BCUT2D eigenvalue weighted by molar-refractivity contribution is 7.89. The summed E-state index contributed by atoms with van der Waals surface area (Å²) in [5.41, 5.74) is 1.36. The van der Waals surface area contributed by atoms with Crippen molar-refractivity contribution in [3.05, 3.63) is 70.8 Å². The number of amides is 2. The predicted octanol–water partition coefficient (Wildman–Crippen LogP) is -0.0592. The highest BCUT2D eigenvalue weighted by Crippen LogP contribution is 2.38. The first kappa shape index (κ1) is 28.7. The molecular formula is C28H32N6O6S2. The van der Waals surface area contributed by atoms with Crippen molar-refractivity contribution < 1.29 is 26.4 Å². The number of benzene rings is 2. The number of hydrogen-bond acceptors (Lipinski definition) is 8. The Hall–Kier alpha value is -3.40. The molecule has 42 heavy (non-hydrogen) atoms. The molecule has 2 N–H and O–H groups in total. The molecule has 2 amide bonds. The first-order chi connectivity index (χ1) is 20.0. The van der Waals surface area contributed by atoms with Crippen LogP contribution in [0.5, 0.6) is 0 Å². The average Bonchev–Trinajstić information content (AvgIpc) is 3.51. The Bertz CT molecular complexity index is 1620. The van der Waals surface area contributed by atoms with E-state index in [4.69, 9.17) is 0 Å². The van der Waals surface area contributed by atoms with Gasteiger partial charge in [0.15, 0.2) is 0 Å². The van der Waals surface area contributed by atoms with Crippen LogP contribution in [0.15, 0.2) is 69.5 Å². The van der Waals surface area contributed by atoms with Crippen molar-refractivity contribution in [2.45, 2.75) is 9.79 Å². The van der Waals surface area contributed by atoms with Gasteiger partial charge in [-0.1, -0.05) is 24.3 Å². The van der Waals surface area contributed by atoms with E-state index in [9.17, 15) is 26.4 Å². The third-order valence-corrected chi connectivity index (χ3v) is 11.9. The Morgan fingerprint density at radius 3 is 1.29 bits per heavy atom. The fourth-order valence-electron chi connectivity index (χ4n) is 5.59. The van der Waals surface area contributed by atoms with Gasteiger partial charge in [0.05, 0.1) is 32.3 Å². The second-order valence-electron chi connectivity index (χ2n) is 10.9. The van der Waals surface area contributed by atoms with Gasteiger partial charge in [-0.3, -0.25) is 9.59 Å². The number of carbonyl (C=O) groups is 2. The van der Waals surface area contributed by atoms with E-state index in [1.807, 2.05) is 14.1 Å². The molecule has 2 aromatic carbocycles. The van der Waals surface area contributed by atoms with Gasteiger partial charge in [0, 0.05) is 63.5 Å². The van der Waals surface area contributed by atoms with Crippen molar-refractivity contribution in [1.82, 2.24) is 29.0 Å². The van der Waals surface area contributed by atoms with Crippen LogP contribution in [0.25, 0.3) is 11.4 Å². The van der Waals surface area contributed by atoms with Gasteiger partial charge in [-0.15, -0.1) is 0 Å². The Kier molecular flexibility index (Phi) is 7.32. The number of sulfonamides is 2. The van der Waals surface area contributed by atoms with Crippen molar-refractivity contribution in [1.29, 1.82) is 0 Å². The second kappa shape index (κ2) is 10.7. The van der Waals surface area contributed by atoms with E-state index in [-0.39, 0.29) is 32.3 Å². The minimum absolute atomic E-state index is 0.0739. The average molecular weight is 613 g/mol. The van der Waals surface area contributed by atoms with Crippen molar-refractivity contribution in [2.24, 2.45) is 0 Å². The first-order valence-corrected chi connectivity index (χ1v) is 16.5. The van der Waals surface area contributed by atoms with Crippen LogP contribution in [0.3, 0.4) is 0 Å². The molecule has 0 aliphatic carbocycles. The van der Waals surface area contributed by atoms with Crippen LogP contribution < -0.4 is 10.6 Å². The maximum atomic E-state index is 13.4. The minimum atomic E-state index is -3.78. The maximum Gasteiger partial charge on any atom is 0.258 e. The quantitative estimate of drug-likeness (QED) is 0.463. The van der Waals surface area contributed by atoms with Crippen molar-refractivity contribution in [3.63, 3.8) is 0 Å². The van der Waals surface area contributed by atoms with E-state index in [2.05, 4.69) is 20.4 Å². The van der Waals surface area contributed by atoms with Crippen LogP contribution in [0, 0.1) is 0 Å². The summed E-state index contributed by atoms with van der Waals surface area (Å²) in [5.74, 6) is -1.07. The smallest absolute Gasteiger partial charge is 0.258 e. The van der Waals surface area contributed by atoms with Gasteiger partial charge in [-0.05, 0) is 38.4 Å². The van der Waals surface area contributed by atoms with Gasteiger partial charge < -0.3 is 20.4 Å². The third kappa shape index (κ3) is 4.97. The number of nitrogens with zero attached hydrogens (tertiary/aromatic N) is 4. The lowest BCUT2D eigenvalue weighted by Crippen LogP contribution is -2.47. The molecule has 4 aliphatic heterocycles. The molecule has 0 aromatic heterocycles. The van der Waals surface area contributed by atoms with E-state index >= 15 is 0 Å². The van der Waals surface area contributed by atoms with Gasteiger partial charge in [-0.25, -0.2) is 16.8 Å². The molecule has 0 saturated carbocycles. The number of fused-ring (bicyclic) bond motifs is 1. The topological polar surface area (TPSA) is 139 Å². The largest absolute Gasteiger partial charge is 0.321 e. The standard InChI is InChI=1S/C28H32N6O6S2/c1-31-9-13-33(14-10-31)41(37,38)21-7-3-5-19(17-21)25-23-24(28(36)29-25)26(30-27(23)35)20-6-4-8-22(18-20)42(39,40)34-15-11-32(2)12-16-34/h3-8,17-18H,9-16H2,1-2H3,(H,29,36)(H,30,35). The SMILES string of the molecule is CN1CCN(S(=O)(=O)c2cccc(C3=C4C(=O)NC(c5cccc(S(=O)(=O)N6CCN(C)CC6)c5)=C4C(=O)N3)c2)CC1. The highest BCUT2D eigenvalue weighted by atomic mass is 32.2. The van der Waals surface area contributed by atoms with Gasteiger partial charge >= 0.3 is 0 Å². The molecule has 0 unspecified atom stereocenters. The minimum Gasteiger partial charge on any atom is -0.321 e. The van der Waals surface area contributed by atoms with Crippen LogP contribution in [0.2, 0.25) is 0 Å². The van der Waals surface area contributed by atoms with Crippen LogP contribution >= 0.6 is 0 Å². The van der Waals surface area contributed by atoms with Crippen LogP contribution in [-0.4, -0.2) is 114 Å². The molecule has 4 heterocycles. The summed E-state index contributed by atoms with van der Waals surface area (Å²) in [6.45, 7) is 3.98. The van der Waals surface area contributed by atoms with Gasteiger partial charge in [0.1, 0.15) is 0 Å². The molecule has 6 rings (SSSR count). The van der Waals surface area contributed by atoms with E-state index in [0.717, 1.165) is 0 Å². The summed E-state index contributed by atoms with van der Waals surface area (Å²) in [6.07, 6.45) is 0. The lowest BCUT2D eigenvalue weighted by molar-refractivity contribution is -0.117. The van der Waals surface area contributed by atoms with E-state index in [1.165, 1.54) is 32.9 Å². The number of piperazine rings is 2. The zero-order valence-electron chi connectivity index (χ0n) is 23.3. The molecule has 0 spiro atoms. The molecule has 2 saturated heterocycles. The van der Waals surface area contributed by atoms with Crippen LogP contribution in [-0.2, 0) is 29.6 Å². The molecule has 12 nitrogen and oxygen atoms in total. The van der Waals surface area contributed by atoms with Gasteiger partial charge in [0.25, 0.3) is 11.8 Å². The second-order valence-corrected chi connectivity index (χ2v) is 14.8. The van der Waals surface area contributed by atoms with Crippen molar-refractivity contribution in [2.75, 3.05) is 66.5 Å². The Morgan fingerprint density at radius 2 is 0.929 bits per heavy atom. The number of carbonyl (C=O) groups excluding carboxylic acids is 2. The van der Waals surface area contributed by atoms with Crippen molar-refractivity contribution >= 4 is 43.3 Å². The summed E-state index contributed by atoms with van der Waals surface area (Å²) in [6, 6.07) is 12.4. The summed E-state index contributed by atoms with van der Waals surface area (Å²) in [4.78, 5) is 30.7. The number of likely N-dealkylation sites (N-methyl/N-ethyl adjacent to an activating group) is 2. The summed E-state index contributed by atoms with van der Waals surface area (Å²) < 4.78 is 56.3. The molecule has 0 radical (unpaired) electrons.